The number of piperidine rings is 1. The topological polar surface area (TPSA) is 111 Å². The van der Waals surface area contributed by atoms with E-state index in [1.807, 2.05) is 42.9 Å². The van der Waals surface area contributed by atoms with Gasteiger partial charge in [-0.2, -0.15) is 5.10 Å². The fraction of sp³-hybridized carbons (Fsp3) is 0.345. The van der Waals surface area contributed by atoms with E-state index in [1.54, 1.807) is 0 Å². The number of imidazole rings is 1. The second-order valence-corrected chi connectivity index (χ2v) is 11.3. The fourth-order valence-electron chi connectivity index (χ4n) is 5.13. The molecule has 194 valence electrons. The predicted molar refractivity (Wildman–Crippen MR) is 153 cm³/mol. The largest absolute Gasteiger partial charge is 0.358 e. The van der Waals surface area contributed by atoms with E-state index < -0.39 is 0 Å². The molecule has 5 aromatic heterocycles. The van der Waals surface area contributed by atoms with E-state index in [2.05, 4.69) is 62.7 Å². The number of hydrogen-bond donors (Lipinski definition) is 3. The Kier molecular flexibility index (Phi) is 6.06. The first-order chi connectivity index (χ1) is 18.3. The number of aromatic nitrogens is 7. The lowest BCUT2D eigenvalue weighted by atomic mass is 9.91. The first-order valence-corrected chi connectivity index (χ1v) is 13.2. The predicted octanol–water partition coefficient (Wildman–Crippen LogP) is 6.31. The van der Waals surface area contributed by atoms with Gasteiger partial charge in [-0.25, -0.2) is 15.0 Å². The van der Waals surface area contributed by atoms with Crippen LogP contribution in [0.3, 0.4) is 0 Å². The standard InChI is InChI=1S/C29H33N9/c1-18(15-29(2,3)4)32-20-14-19(16-30-17-20)21-8-9-23-24(33-21)26(37-36-23)27-34-22-10-11-31-28(25(22)35-27)38-12-6-5-7-13-38/h8-11,14,16-17,32H,1,5-7,12-13,15H2,2-4H3,(H,34,35)(H,36,37). The van der Waals surface area contributed by atoms with Gasteiger partial charge >= 0.3 is 0 Å². The van der Waals surface area contributed by atoms with Gasteiger partial charge in [-0.3, -0.25) is 10.1 Å². The number of pyridine rings is 3. The highest BCUT2D eigenvalue weighted by Crippen LogP contribution is 2.31. The van der Waals surface area contributed by atoms with Gasteiger partial charge in [-0.15, -0.1) is 0 Å². The minimum absolute atomic E-state index is 0.153. The average Bonchev–Trinajstić information content (AvgIpc) is 3.51. The summed E-state index contributed by atoms with van der Waals surface area (Å²) in [7, 11) is 0. The van der Waals surface area contributed by atoms with Crippen LogP contribution in [0, 0.1) is 5.41 Å². The summed E-state index contributed by atoms with van der Waals surface area (Å²) in [5.74, 6) is 1.61. The molecular weight excluding hydrogens is 474 g/mol. The van der Waals surface area contributed by atoms with Crippen molar-refractivity contribution in [3.05, 3.63) is 55.1 Å². The third-order valence-corrected chi connectivity index (χ3v) is 6.77. The van der Waals surface area contributed by atoms with Crippen molar-refractivity contribution in [2.24, 2.45) is 5.41 Å². The van der Waals surface area contributed by atoms with Gasteiger partial charge in [0.15, 0.2) is 17.3 Å². The second-order valence-electron chi connectivity index (χ2n) is 11.3. The quantitative estimate of drug-likeness (QED) is 0.247. The highest BCUT2D eigenvalue weighted by atomic mass is 15.2. The Hall–Kier alpha value is -4.27. The van der Waals surface area contributed by atoms with Gasteiger partial charge in [0.25, 0.3) is 0 Å². The van der Waals surface area contributed by atoms with Gasteiger partial charge in [0, 0.05) is 36.7 Å². The van der Waals surface area contributed by atoms with Crippen molar-refractivity contribution in [3.8, 4) is 22.8 Å². The number of allylic oxidation sites excluding steroid dienone is 1. The van der Waals surface area contributed by atoms with E-state index >= 15 is 0 Å². The molecule has 6 heterocycles. The molecule has 1 saturated heterocycles. The van der Waals surface area contributed by atoms with E-state index in [4.69, 9.17) is 9.97 Å². The SMILES string of the molecule is C=C(CC(C)(C)C)Nc1cncc(-c2ccc3[nH]nc(-c4nc5c(N6CCCCC6)nccc5[nH]4)c3n2)c1. The number of H-pyrrole nitrogens is 2. The molecule has 0 saturated carbocycles. The molecule has 0 atom stereocenters. The molecule has 6 rings (SSSR count). The summed E-state index contributed by atoms with van der Waals surface area (Å²) in [6.45, 7) is 12.8. The van der Waals surface area contributed by atoms with Crippen molar-refractivity contribution in [3.63, 3.8) is 0 Å². The summed E-state index contributed by atoms with van der Waals surface area (Å²) < 4.78 is 0. The van der Waals surface area contributed by atoms with Crippen molar-refractivity contribution >= 4 is 33.6 Å². The summed E-state index contributed by atoms with van der Waals surface area (Å²) in [5, 5.41) is 11.1. The normalized spacial score (nSPS) is 14.3. The van der Waals surface area contributed by atoms with Crippen LogP contribution < -0.4 is 10.2 Å². The molecule has 9 heteroatoms. The smallest absolute Gasteiger partial charge is 0.161 e. The van der Waals surface area contributed by atoms with Gasteiger partial charge in [0.05, 0.1) is 28.6 Å². The van der Waals surface area contributed by atoms with Crippen molar-refractivity contribution in [1.29, 1.82) is 0 Å². The minimum Gasteiger partial charge on any atom is -0.358 e. The molecule has 0 unspecified atom stereocenters. The van der Waals surface area contributed by atoms with Crippen molar-refractivity contribution in [2.45, 2.75) is 46.5 Å². The molecule has 9 nitrogen and oxygen atoms in total. The van der Waals surface area contributed by atoms with Crippen LogP contribution in [0.5, 0.6) is 0 Å². The Bertz CT molecular complexity index is 1620. The molecule has 3 N–H and O–H groups in total. The summed E-state index contributed by atoms with van der Waals surface area (Å²) in [6.07, 6.45) is 9.98. The molecule has 0 aliphatic carbocycles. The first-order valence-electron chi connectivity index (χ1n) is 13.2. The Morgan fingerprint density at radius 3 is 2.68 bits per heavy atom. The van der Waals surface area contributed by atoms with Crippen LogP contribution in [0.2, 0.25) is 0 Å². The zero-order valence-electron chi connectivity index (χ0n) is 22.2. The maximum Gasteiger partial charge on any atom is 0.161 e. The molecule has 0 bridgehead atoms. The minimum atomic E-state index is 0.153. The van der Waals surface area contributed by atoms with E-state index in [1.165, 1.54) is 19.3 Å². The lowest BCUT2D eigenvalue weighted by molar-refractivity contribution is 0.411. The fourth-order valence-corrected chi connectivity index (χ4v) is 5.13. The highest BCUT2D eigenvalue weighted by molar-refractivity contribution is 5.94. The number of fused-ring (bicyclic) bond motifs is 2. The van der Waals surface area contributed by atoms with E-state index in [0.29, 0.717) is 11.5 Å². The second kappa shape index (κ2) is 9.55. The van der Waals surface area contributed by atoms with Crippen LogP contribution >= 0.6 is 0 Å². The molecule has 1 fully saturated rings. The van der Waals surface area contributed by atoms with E-state index in [9.17, 15) is 0 Å². The molecule has 0 spiro atoms. The van der Waals surface area contributed by atoms with Gasteiger partial charge in [0.2, 0.25) is 0 Å². The molecule has 38 heavy (non-hydrogen) atoms. The molecule has 0 aromatic carbocycles. The van der Waals surface area contributed by atoms with Crippen LogP contribution in [0.25, 0.3) is 44.8 Å². The van der Waals surface area contributed by atoms with Crippen LogP contribution in [0.15, 0.2) is 55.1 Å². The summed E-state index contributed by atoms with van der Waals surface area (Å²) in [5.41, 5.74) is 7.82. The maximum absolute atomic E-state index is 4.97. The third kappa shape index (κ3) is 4.83. The monoisotopic (exact) mass is 507 g/mol. The lowest BCUT2D eigenvalue weighted by Crippen LogP contribution is -2.30. The Labute approximate surface area is 221 Å². The van der Waals surface area contributed by atoms with Gasteiger partial charge in [-0.05, 0) is 55.4 Å². The Morgan fingerprint density at radius 1 is 1.03 bits per heavy atom. The van der Waals surface area contributed by atoms with Crippen LogP contribution in [0.4, 0.5) is 11.5 Å². The lowest BCUT2D eigenvalue weighted by Gasteiger charge is -2.27. The summed E-state index contributed by atoms with van der Waals surface area (Å²) in [6, 6.07) is 7.99. The molecule has 1 aliphatic heterocycles. The maximum atomic E-state index is 4.97. The number of nitrogens with zero attached hydrogens (tertiary/aromatic N) is 6. The zero-order valence-corrected chi connectivity index (χ0v) is 22.2. The third-order valence-electron chi connectivity index (χ3n) is 6.77. The van der Waals surface area contributed by atoms with Crippen LogP contribution in [-0.2, 0) is 0 Å². The molecule has 0 amide bonds. The van der Waals surface area contributed by atoms with Crippen LogP contribution in [-0.4, -0.2) is 48.2 Å². The molecule has 5 aromatic rings. The van der Waals surface area contributed by atoms with E-state index in [0.717, 1.165) is 70.0 Å². The summed E-state index contributed by atoms with van der Waals surface area (Å²) in [4.78, 5) is 24.8. The Morgan fingerprint density at radius 2 is 1.87 bits per heavy atom. The van der Waals surface area contributed by atoms with Gasteiger partial charge in [-0.1, -0.05) is 27.4 Å². The average molecular weight is 508 g/mol. The number of rotatable bonds is 6. The zero-order chi connectivity index (χ0) is 26.3. The molecule has 1 aliphatic rings. The number of nitrogens with one attached hydrogen (secondary N) is 3. The van der Waals surface area contributed by atoms with Crippen molar-refractivity contribution in [2.75, 3.05) is 23.3 Å². The van der Waals surface area contributed by atoms with Crippen LogP contribution in [0.1, 0.15) is 46.5 Å². The summed E-state index contributed by atoms with van der Waals surface area (Å²) >= 11 is 0. The number of anilines is 2. The number of hydrogen-bond acceptors (Lipinski definition) is 7. The molecular formula is C29H33N9. The first kappa shape index (κ1) is 24.1. The number of aromatic amines is 2. The molecule has 0 radical (unpaired) electrons. The Balaban J connectivity index is 1.33. The van der Waals surface area contributed by atoms with Crippen molar-refractivity contribution < 1.29 is 0 Å². The van der Waals surface area contributed by atoms with Gasteiger partial charge < -0.3 is 15.2 Å². The van der Waals surface area contributed by atoms with Crippen molar-refractivity contribution in [1.82, 2.24) is 35.1 Å². The van der Waals surface area contributed by atoms with E-state index in [-0.39, 0.29) is 5.41 Å². The van der Waals surface area contributed by atoms with Gasteiger partial charge in [0.1, 0.15) is 11.0 Å². The highest BCUT2D eigenvalue weighted by Gasteiger charge is 2.20.